The van der Waals surface area contributed by atoms with Gasteiger partial charge in [0.15, 0.2) is 0 Å². The molecule has 5 nitrogen and oxygen atoms in total. The summed E-state index contributed by atoms with van der Waals surface area (Å²) in [6, 6.07) is 3.92. The Morgan fingerprint density at radius 3 is 3.00 bits per heavy atom. The molecule has 2 atom stereocenters. The Hall–Kier alpha value is -1.75. The van der Waals surface area contributed by atoms with E-state index >= 15 is 0 Å². The Morgan fingerprint density at radius 2 is 2.29 bits per heavy atom. The highest BCUT2D eigenvalue weighted by molar-refractivity contribution is 5.51. The van der Waals surface area contributed by atoms with Crippen LogP contribution in [-0.4, -0.2) is 21.2 Å². The first-order valence-electron chi connectivity index (χ1n) is 5.84. The van der Waals surface area contributed by atoms with E-state index in [-0.39, 0.29) is 12.0 Å². The number of nitrogens with zero attached hydrogens (tertiary/aromatic N) is 3. The molecule has 2 aromatic heterocycles. The lowest BCUT2D eigenvalue weighted by molar-refractivity contribution is 0.345. The monoisotopic (exact) mass is 230 g/mol. The molecule has 17 heavy (non-hydrogen) atoms. The van der Waals surface area contributed by atoms with Crippen LogP contribution < -0.4 is 5.73 Å². The van der Waals surface area contributed by atoms with Gasteiger partial charge in [0.05, 0.1) is 5.92 Å². The van der Waals surface area contributed by atoms with Gasteiger partial charge in [-0.25, -0.2) is 0 Å². The fourth-order valence-corrected chi connectivity index (χ4v) is 2.29. The van der Waals surface area contributed by atoms with Crippen LogP contribution in [0.4, 0.5) is 0 Å². The molecular weight excluding hydrogens is 216 g/mol. The SMILES string of the molecule is N[C@@H]1CCC[C@H]1c1nc(-c2cccnc2)no1. The van der Waals surface area contributed by atoms with E-state index in [1.807, 2.05) is 12.1 Å². The van der Waals surface area contributed by atoms with Gasteiger partial charge in [0.1, 0.15) is 0 Å². The Bertz CT molecular complexity index is 496. The van der Waals surface area contributed by atoms with E-state index < -0.39 is 0 Å². The van der Waals surface area contributed by atoms with Gasteiger partial charge in [-0.1, -0.05) is 11.6 Å². The predicted octanol–water partition coefficient (Wildman–Crippen LogP) is 1.73. The second-order valence-electron chi connectivity index (χ2n) is 4.40. The lowest BCUT2D eigenvalue weighted by Crippen LogP contribution is -2.22. The van der Waals surface area contributed by atoms with Crippen LogP contribution in [0.1, 0.15) is 31.1 Å². The molecule has 1 aliphatic carbocycles. The summed E-state index contributed by atoms with van der Waals surface area (Å²) in [5.41, 5.74) is 6.89. The van der Waals surface area contributed by atoms with E-state index in [0.717, 1.165) is 24.8 Å². The Labute approximate surface area is 99.1 Å². The zero-order valence-electron chi connectivity index (χ0n) is 9.41. The van der Waals surface area contributed by atoms with Gasteiger partial charge < -0.3 is 10.3 Å². The van der Waals surface area contributed by atoms with Gasteiger partial charge in [-0.15, -0.1) is 0 Å². The van der Waals surface area contributed by atoms with E-state index in [1.54, 1.807) is 12.4 Å². The van der Waals surface area contributed by atoms with E-state index in [2.05, 4.69) is 15.1 Å². The Morgan fingerprint density at radius 1 is 1.35 bits per heavy atom. The maximum absolute atomic E-state index is 6.02. The average Bonchev–Trinajstić information content (AvgIpc) is 2.98. The van der Waals surface area contributed by atoms with E-state index in [0.29, 0.717) is 11.7 Å². The van der Waals surface area contributed by atoms with E-state index in [1.165, 1.54) is 0 Å². The van der Waals surface area contributed by atoms with E-state index in [9.17, 15) is 0 Å². The van der Waals surface area contributed by atoms with Crippen molar-refractivity contribution in [1.29, 1.82) is 0 Å². The summed E-state index contributed by atoms with van der Waals surface area (Å²) in [6.45, 7) is 0. The predicted molar refractivity (Wildman–Crippen MR) is 62.1 cm³/mol. The highest BCUT2D eigenvalue weighted by atomic mass is 16.5. The minimum Gasteiger partial charge on any atom is -0.339 e. The summed E-state index contributed by atoms with van der Waals surface area (Å²) >= 11 is 0. The third-order valence-electron chi connectivity index (χ3n) is 3.25. The molecular formula is C12H14N4O. The summed E-state index contributed by atoms with van der Waals surface area (Å²) in [4.78, 5) is 8.45. The van der Waals surface area contributed by atoms with E-state index in [4.69, 9.17) is 10.3 Å². The molecule has 88 valence electrons. The number of pyridine rings is 1. The van der Waals surface area contributed by atoms with Crippen LogP contribution in [0.5, 0.6) is 0 Å². The number of hydrogen-bond donors (Lipinski definition) is 1. The van der Waals surface area contributed by atoms with Crippen molar-refractivity contribution in [2.75, 3.05) is 0 Å². The molecule has 1 fully saturated rings. The largest absolute Gasteiger partial charge is 0.339 e. The third-order valence-corrected chi connectivity index (χ3v) is 3.25. The van der Waals surface area contributed by atoms with Crippen molar-refractivity contribution in [1.82, 2.24) is 15.1 Å². The maximum Gasteiger partial charge on any atom is 0.231 e. The Balaban J connectivity index is 1.88. The van der Waals surface area contributed by atoms with Crippen molar-refractivity contribution in [3.63, 3.8) is 0 Å². The molecule has 0 bridgehead atoms. The Kier molecular flexibility index (Phi) is 2.60. The lowest BCUT2D eigenvalue weighted by Gasteiger charge is -2.08. The standard InChI is InChI=1S/C12H14N4O/c13-10-5-1-4-9(10)12-15-11(16-17-12)8-3-2-6-14-7-8/h2-3,6-7,9-10H,1,4-5,13H2/t9-,10-/m1/s1. The third kappa shape index (κ3) is 1.93. The summed E-state index contributed by atoms with van der Waals surface area (Å²) < 4.78 is 5.30. The molecule has 1 aliphatic rings. The first-order chi connectivity index (χ1) is 8.34. The minimum absolute atomic E-state index is 0.150. The van der Waals surface area contributed by atoms with Crippen LogP contribution >= 0.6 is 0 Å². The van der Waals surface area contributed by atoms with Gasteiger partial charge >= 0.3 is 0 Å². The van der Waals surface area contributed by atoms with Crippen molar-refractivity contribution in [3.8, 4) is 11.4 Å². The summed E-state index contributed by atoms with van der Waals surface area (Å²) in [5.74, 6) is 1.47. The van der Waals surface area contributed by atoms with Crippen LogP contribution in [0.3, 0.4) is 0 Å². The molecule has 0 saturated heterocycles. The van der Waals surface area contributed by atoms with Gasteiger partial charge in [-0.05, 0) is 25.0 Å². The molecule has 0 aliphatic heterocycles. The molecule has 0 aromatic carbocycles. The number of aromatic nitrogens is 3. The molecule has 5 heteroatoms. The quantitative estimate of drug-likeness (QED) is 0.850. The maximum atomic E-state index is 6.02. The second kappa shape index (κ2) is 4.25. The smallest absolute Gasteiger partial charge is 0.231 e. The molecule has 0 unspecified atom stereocenters. The van der Waals surface area contributed by atoms with Gasteiger partial charge in [0.2, 0.25) is 11.7 Å². The molecule has 3 rings (SSSR count). The average molecular weight is 230 g/mol. The van der Waals surface area contributed by atoms with Crippen LogP contribution in [0.2, 0.25) is 0 Å². The van der Waals surface area contributed by atoms with Crippen LogP contribution in [-0.2, 0) is 0 Å². The zero-order valence-corrected chi connectivity index (χ0v) is 9.41. The second-order valence-corrected chi connectivity index (χ2v) is 4.40. The minimum atomic E-state index is 0.150. The van der Waals surface area contributed by atoms with Gasteiger partial charge in [-0.3, -0.25) is 4.98 Å². The molecule has 0 radical (unpaired) electrons. The van der Waals surface area contributed by atoms with Crippen molar-refractivity contribution >= 4 is 0 Å². The van der Waals surface area contributed by atoms with Crippen molar-refractivity contribution in [2.24, 2.45) is 5.73 Å². The van der Waals surface area contributed by atoms with Crippen LogP contribution in [0, 0.1) is 0 Å². The van der Waals surface area contributed by atoms with Gasteiger partial charge in [0, 0.05) is 24.0 Å². The summed E-state index contributed by atoms with van der Waals surface area (Å²) in [5, 5.41) is 3.98. The number of rotatable bonds is 2. The number of nitrogens with two attached hydrogens (primary N) is 1. The molecule has 2 N–H and O–H groups in total. The molecule has 2 aromatic rings. The lowest BCUT2D eigenvalue weighted by atomic mass is 10.1. The zero-order chi connectivity index (χ0) is 11.7. The van der Waals surface area contributed by atoms with Crippen molar-refractivity contribution in [2.45, 2.75) is 31.2 Å². The van der Waals surface area contributed by atoms with Crippen molar-refractivity contribution in [3.05, 3.63) is 30.4 Å². The first kappa shape index (κ1) is 10.4. The summed E-state index contributed by atoms with van der Waals surface area (Å²) in [7, 11) is 0. The molecule has 1 saturated carbocycles. The fourth-order valence-electron chi connectivity index (χ4n) is 2.29. The van der Waals surface area contributed by atoms with Crippen molar-refractivity contribution < 1.29 is 4.52 Å². The van der Waals surface area contributed by atoms with Gasteiger partial charge in [-0.2, -0.15) is 4.98 Å². The summed E-state index contributed by atoms with van der Waals surface area (Å²) in [6.07, 6.45) is 6.65. The highest BCUT2D eigenvalue weighted by Crippen LogP contribution is 2.33. The molecule has 2 heterocycles. The van der Waals surface area contributed by atoms with Gasteiger partial charge in [0.25, 0.3) is 0 Å². The fraction of sp³-hybridized carbons (Fsp3) is 0.417. The molecule has 0 amide bonds. The molecule has 0 spiro atoms. The highest BCUT2D eigenvalue weighted by Gasteiger charge is 2.30. The first-order valence-corrected chi connectivity index (χ1v) is 5.84. The van der Waals surface area contributed by atoms with Crippen LogP contribution in [0.25, 0.3) is 11.4 Å². The van der Waals surface area contributed by atoms with Crippen LogP contribution in [0.15, 0.2) is 29.0 Å². The topological polar surface area (TPSA) is 77.8 Å². The normalized spacial score (nSPS) is 24.1. The number of hydrogen-bond acceptors (Lipinski definition) is 5.